The van der Waals surface area contributed by atoms with Gasteiger partial charge in [0.1, 0.15) is 11.9 Å². The number of nitrogens with zero attached hydrogens (tertiary/aromatic N) is 1. The number of amides is 2. The Bertz CT molecular complexity index is 894. The number of carbonyl (C=O) groups is 2. The number of hydrazine groups is 1. The highest BCUT2D eigenvalue weighted by Gasteiger charge is 2.32. The SMILES string of the molecule is CCC1Nc2ccc(Br)cc2C(=O)N1NC(=O)COc1ccc(Cl)cc1Cl. The van der Waals surface area contributed by atoms with Crippen molar-refractivity contribution in [1.29, 1.82) is 0 Å². The van der Waals surface area contributed by atoms with Gasteiger partial charge in [-0.25, -0.2) is 5.01 Å². The van der Waals surface area contributed by atoms with Crippen LogP contribution >= 0.6 is 39.1 Å². The topological polar surface area (TPSA) is 70.7 Å². The molecule has 142 valence electrons. The van der Waals surface area contributed by atoms with E-state index in [-0.39, 0.29) is 18.7 Å². The summed E-state index contributed by atoms with van der Waals surface area (Å²) < 4.78 is 6.20. The molecule has 1 atom stereocenters. The number of fused-ring (bicyclic) bond motifs is 1. The third kappa shape index (κ3) is 4.48. The Hall–Kier alpha value is -1.96. The summed E-state index contributed by atoms with van der Waals surface area (Å²) in [4.78, 5) is 25.1. The largest absolute Gasteiger partial charge is 0.482 e. The first-order chi connectivity index (χ1) is 12.9. The molecule has 0 saturated heterocycles. The fourth-order valence-electron chi connectivity index (χ4n) is 2.65. The molecule has 1 heterocycles. The van der Waals surface area contributed by atoms with Crippen molar-refractivity contribution in [1.82, 2.24) is 10.4 Å². The average molecular weight is 473 g/mol. The van der Waals surface area contributed by atoms with Crippen molar-refractivity contribution in [3.05, 3.63) is 56.5 Å². The molecule has 0 spiro atoms. The maximum atomic E-state index is 12.8. The van der Waals surface area contributed by atoms with Crippen LogP contribution in [0.5, 0.6) is 5.75 Å². The van der Waals surface area contributed by atoms with Crippen molar-refractivity contribution in [3.63, 3.8) is 0 Å². The lowest BCUT2D eigenvalue weighted by Gasteiger charge is -2.37. The van der Waals surface area contributed by atoms with Crippen LogP contribution in [0.4, 0.5) is 5.69 Å². The van der Waals surface area contributed by atoms with E-state index in [1.165, 1.54) is 11.1 Å². The van der Waals surface area contributed by atoms with Gasteiger partial charge in [-0.1, -0.05) is 46.1 Å². The lowest BCUT2D eigenvalue weighted by Crippen LogP contribution is -2.57. The van der Waals surface area contributed by atoms with Crippen LogP contribution in [-0.2, 0) is 4.79 Å². The highest BCUT2D eigenvalue weighted by Crippen LogP contribution is 2.29. The normalized spacial score (nSPS) is 15.8. The molecule has 0 aliphatic carbocycles. The summed E-state index contributed by atoms with van der Waals surface area (Å²) >= 11 is 15.2. The van der Waals surface area contributed by atoms with E-state index < -0.39 is 5.91 Å². The van der Waals surface area contributed by atoms with Crippen molar-refractivity contribution >= 4 is 56.6 Å². The summed E-state index contributed by atoms with van der Waals surface area (Å²) in [6.45, 7) is 1.62. The third-order valence-corrected chi connectivity index (χ3v) is 4.97. The van der Waals surface area contributed by atoms with Crippen LogP contribution in [-0.4, -0.2) is 29.6 Å². The smallest absolute Gasteiger partial charge is 0.276 e. The summed E-state index contributed by atoms with van der Waals surface area (Å²) in [5, 5.41) is 5.30. The van der Waals surface area contributed by atoms with E-state index in [0.717, 1.165) is 10.2 Å². The minimum absolute atomic E-state index is 0.297. The summed E-state index contributed by atoms with van der Waals surface area (Å²) in [7, 11) is 0. The molecule has 3 rings (SSSR count). The van der Waals surface area contributed by atoms with E-state index >= 15 is 0 Å². The maximum Gasteiger partial charge on any atom is 0.276 e. The Balaban J connectivity index is 1.69. The predicted octanol–water partition coefficient (Wildman–Crippen LogP) is 4.47. The number of hydrogen-bond donors (Lipinski definition) is 2. The molecule has 0 saturated carbocycles. The molecule has 9 heteroatoms. The van der Waals surface area contributed by atoms with Crippen LogP contribution in [0.3, 0.4) is 0 Å². The Labute approximate surface area is 174 Å². The zero-order chi connectivity index (χ0) is 19.6. The van der Waals surface area contributed by atoms with Gasteiger partial charge >= 0.3 is 0 Å². The summed E-state index contributed by atoms with van der Waals surface area (Å²) in [5.41, 5.74) is 3.80. The lowest BCUT2D eigenvalue weighted by atomic mass is 10.1. The molecule has 0 bridgehead atoms. The van der Waals surface area contributed by atoms with Crippen LogP contribution in [0.1, 0.15) is 23.7 Å². The Morgan fingerprint density at radius 1 is 1.30 bits per heavy atom. The number of hydrogen-bond acceptors (Lipinski definition) is 4. The molecule has 0 aromatic heterocycles. The average Bonchev–Trinajstić information content (AvgIpc) is 2.63. The van der Waals surface area contributed by atoms with Gasteiger partial charge in [-0.2, -0.15) is 0 Å². The van der Waals surface area contributed by atoms with Crippen molar-refractivity contribution in [2.45, 2.75) is 19.5 Å². The summed E-state index contributed by atoms with van der Waals surface area (Å²) in [5.74, 6) is -0.441. The second-order valence-corrected chi connectivity index (χ2v) is 7.59. The minimum atomic E-state index is -0.479. The number of carbonyl (C=O) groups excluding carboxylic acids is 2. The molecular weight excluding hydrogens is 457 g/mol. The Morgan fingerprint density at radius 2 is 2.07 bits per heavy atom. The van der Waals surface area contributed by atoms with E-state index in [2.05, 4.69) is 26.7 Å². The number of halogens is 3. The Kier molecular flexibility index (Phi) is 6.14. The van der Waals surface area contributed by atoms with Crippen molar-refractivity contribution < 1.29 is 14.3 Å². The highest BCUT2D eigenvalue weighted by atomic mass is 79.9. The number of anilines is 1. The fraction of sp³-hybridized carbons (Fsp3) is 0.222. The van der Waals surface area contributed by atoms with E-state index in [9.17, 15) is 9.59 Å². The van der Waals surface area contributed by atoms with Gasteiger partial charge in [-0.15, -0.1) is 0 Å². The van der Waals surface area contributed by atoms with Gasteiger partial charge in [-0.3, -0.25) is 15.0 Å². The molecule has 6 nitrogen and oxygen atoms in total. The lowest BCUT2D eigenvalue weighted by molar-refractivity contribution is -0.127. The standard InChI is InChI=1S/C18H16BrCl2N3O3/c1-2-16-22-14-5-3-10(19)7-12(14)18(26)24(16)23-17(25)9-27-15-6-4-11(20)8-13(15)21/h3-8,16,22H,2,9H2,1H3,(H,23,25). The van der Waals surface area contributed by atoms with E-state index in [1.807, 2.05) is 19.1 Å². The maximum absolute atomic E-state index is 12.8. The molecule has 2 amide bonds. The molecule has 2 aromatic rings. The quantitative estimate of drug-likeness (QED) is 0.673. The van der Waals surface area contributed by atoms with Crippen molar-refractivity contribution in [2.75, 3.05) is 11.9 Å². The van der Waals surface area contributed by atoms with Gasteiger partial charge in [0, 0.05) is 15.2 Å². The van der Waals surface area contributed by atoms with Gasteiger partial charge in [0.05, 0.1) is 10.6 Å². The third-order valence-electron chi connectivity index (χ3n) is 3.95. The van der Waals surface area contributed by atoms with Crippen molar-refractivity contribution in [3.8, 4) is 5.75 Å². The fourth-order valence-corrected chi connectivity index (χ4v) is 3.47. The second-order valence-electron chi connectivity index (χ2n) is 5.83. The predicted molar refractivity (Wildman–Crippen MR) is 108 cm³/mol. The van der Waals surface area contributed by atoms with Crippen LogP contribution in [0, 0.1) is 0 Å². The molecule has 1 aliphatic heterocycles. The van der Waals surface area contributed by atoms with Crippen LogP contribution in [0.2, 0.25) is 10.0 Å². The van der Waals surface area contributed by atoms with E-state index in [4.69, 9.17) is 27.9 Å². The second kappa shape index (κ2) is 8.37. The van der Waals surface area contributed by atoms with Crippen molar-refractivity contribution in [2.24, 2.45) is 0 Å². The molecule has 0 radical (unpaired) electrons. The summed E-state index contributed by atoms with van der Waals surface area (Å²) in [6, 6.07) is 10.1. The Morgan fingerprint density at radius 3 is 2.78 bits per heavy atom. The number of nitrogens with one attached hydrogen (secondary N) is 2. The molecule has 1 unspecified atom stereocenters. The van der Waals surface area contributed by atoms with Gasteiger partial charge in [-0.05, 0) is 42.8 Å². The first kappa shape index (κ1) is 19.8. The zero-order valence-corrected chi connectivity index (χ0v) is 17.4. The van der Waals surface area contributed by atoms with Crippen LogP contribution in [0.15, 0.2) is 40.9 Å². The molecule has 0 fully saturated rings. The van der Waals surface area contributed by atoms with Gasteiger partial charge in [0.25, 0.3) is 11.8 Å². The first-order valence-corrected chi connectivity index (χ1v) is 9.71. The molecule has 2 N–H and O–H groups in total. The number of rotatable bonds is 5. The highest BCUT2D eigenvalue weighted by molar-refractivity contribution is 9.10. The van der Waals surface area contributed by atoms with Crippen LogP contribution in [0.25, 0.3) is 0 Å². The number of ether oxygens (including phenoxy) is 1. The molecular formula is C18H16BrCl2N3O3. The van der Waals surface area contributed by atoms with Crippen LogP contribution < -0.4 is 15.5 Å². The first-order valence-electron chi connectivity index (χ1n) is 8.16. The van der Waals surface area contributed by atoms with E-state index in [0.29, 0.717) is 27.8 Å². The monoisotopic (exact) mass is 471 g/mol. The van der Waals surface area contributed by atoms with Gasteiger partial charge in [0.15, 0.2) is 6.61 Å². The molecule has 2 aromatic carbocycles. The molecule has 1 aliphatic rings. The van der Waals surface area contributed by atoms with E-state index in [1.54, 1.807) is 18.2 Å². The minimum Gasteiger partial charge on any atom is -0.482 e. The number of benzene rings is 2. The molecule has 27 heavy (non-hydrogen) atoms. The van der Waals surface area contributed by atoms with Gasteiger partial charge < -0.3 is 10.1 Å². The summed E-state index contributed by atoms with van der Waals surface area (Å²) in [6.07, 6.45) is 0.236. The zero-order valence-electron chi connectivity index (χ0n) is 14.3. The van der Waals surface area contributed by atoms with Gasteiger partial charge in [0.2, 0.25) is 0 Å².